The van der Waals surface area contributed by atoms with Gasteiger partial charge < -0.3 is 4.98 Å². The van der Waals surface area contributed by atoms with E-state index in [1.807, 2.05) is 0 Å². The molecule has 0 bridgehead atoms. The van der Waals surface area contributed by atoms with Crippen LogP contribution in [0.3, 0.4) is 0 Å². The van der Waals surface area contributed by atoms with Gasteiger partial charge in [0.05, 0.1) is 22.4 Å². The predicted octanol–water partition coefficient (Wildman–Crippen LogP) is 2.42. The summed E-state index contributed by atoms with van der Waals surface area (Å²) in [6.07, 6.45) is 1.57. The zero-order valence-electron chi connectivity index (χ0n) is 6.97. The van der Waals surface area contributed by atoms with E-state index in [1.165, 1.54) is 6.92 Å². The molecule has 0 amide bonds. The number of Topliss-reactive ketones (excluding diaryl/α,β-unsaturated/α-hetero) is 1. The molecule has 13 heavy (non-hydrogen) atoms. The lowest BCUT2D eigenvalue weighted by Gasteiger charge is -1.98. The van der Waals surface area contributed by atoms with Gasteiger partial charge in [-0.05, 0) is 19.1 Å². The van der Waals surface area contributed by atoms with Crippen molar-refractivity contribution in [3.05, 3.63) is 29.0 Å². The summed E-state index contributed by atoms with van der Waals surface area (Å²) in [6, 6.07) is 3.40. The van der Waals surface area contributed by atoms with E-state index in [9.17, 15) is 4.79 Å². The number of nitrogens with zero attached hydrogens (tertiary/aromatic N) is 1. The first-order chi connectivity index (χ1) is 6.18. The molecule has 0 fully saturated rings. The minimum Gasteiger partial charge on any atom is -0.345 e. The van der Waals surface area contributed by atoms with Gasteiger partial charge >= 0.3 is 0 Å². The van der Waals surface area contributed by atoms with Crippen LogP contribution in [0.5, 0.6) is 0 Å². The van der Waals surface area contributed by atoms with Crippen LogP contribution in [0.2, 0.25) is 5.02 Å². The number of aromatic nitrogens is 2. The lowest BCUT2D eigenvalue weighted by atomic mass is 10.1. The van der Waals surface area contributed by atoms with Gasteiger partial charge in [0.15, 0.2) is 5.78 Å². The number of nitrogens with one attached hydrogen (secondary N) is 1. The zero-order valence-corrected chi connectivity index (χ0v) is 7.72. The first kappa shape index (κ1) is 8.26. The van der Waals surface area contributed by atoms with Crippen molar-refractivity contribution in [1.82, 2.24) is 9.97 Å². The molecule has 2 aromatic rings. The molecule has 0 spiro atoms. The van der Waals surface area contributed by atoms with Crippen molar-refractivity contribution >= 4 is 28.4 Å². The van der Waals surface area contributed by atoms with E-state index in [0.717, 1.165) is 11.0 Å². The van der Waals surface area contributed by atoms with Crippen molar-refractivity contribution in [2.75, 3.05) is 0 Å². The second-order valence-corrected chi connectivity index (χ2v) is 3.22. The Morgan fingerprint density at radius 1 is 1.54 bits per heavy atom. The van der Waals surface area contributed by atoms with Crippen molar-refractivity contribution < 1.29 is 4.79 Å². The maximum atomic E-state index is 11.1. The van der Waals surface area contributed by atoms with Crippen LogP contribution in [0.4, 0.5) is 0 Å². The van der Waals surface area contributed by atoms with Crippen LogP contribution in [-0.2, 0) is 0 Å². The monoisotopic (exact) mass is 194 g/mol. The van der Waals surface area contributed by atoms with E-state index in [-0.39, 0.29) is 5.78 Å². The third-order valence-electron chi connectivity index (χ3n) is 1.89. The molecule has 0 saturated carbocycles. The molecular weight excluding hydrogens is 188 g/mol. The SMILES string of the molecule is CC(=O)c1cc2nc[nH]c2cc1Cl. The van der Waals surface area contributed by atoms with Gasteiger partial charge in [-0.25, -0.2) is 4.98 Å². The van der Waals surface area contributed by atoms with E-state index >= 15 is 0 Å². The standard InChI is InChI=1S/C9H7ClN2O/c1-5(13)6-2-8-9(3-7(6)10)12-4-11-8/h2-4H,1H3,(H,11,12). The summed E-state index contributed by atoms with van der Waals surface area (Å²) in [5, 5.41) is 0.462. The maximum Gasteiger partial charge on any atom is 0.161 e. The lowest BCUT2D eigenvalue weighted by molar-refractivity contribution is 0.101. The van der Waals surface area contributed by atoms with E-state index < -0.39 is 0 Å². The summed E-state index contributed by atoms with van der Waals surface area (Å²) in [5.41, 5.74) is 2.12. The van der Waals surface area contributed by atoms with Gasteiger partial charge in [-0.15, -0.1) is 0 Å². The highest BCUT2D eigenvalue weighted by Crippen LogP contribution is 2.21. The minimum absolute atomic E-state index is 0.0464. The largest absolute Gasteiger partial charge is 0.345 e. The summed E-state index contributed by atoms with van der Waals surface area (Å²) in [4.78, 5) is 18.1. The predicted molar refractivity (Wildman–Crippen MR) is 51.1 cm³/mol. The molecule has 0 saturated heterocycles. The fraction of sp³-hybridized carbons (Fsp3) is 0.111. The number of carbonyl (C=O) groups is 1. The Balaban J connectivity index is 2.76. The van der Waals surface area contributed by atoms with Gasteiger partial charge in [-0.1, -0.05) is 11.6 Å². The van der Waals surface area contributed by atoms with Crippen molar-refractivity contribution in [2.24, 2.45) is 0 Å². The molecule has 0 unspecified atom stereocenters. The van der Waals surface area contributed by atoms with Gasteiger partial charge in [-0.2, -0.15) is 0 Å². The number of fused-ring (bicyclic) bond motifs is 1. The van der Waals surface area contributed by atoms with Gasteiger partial charge in [0, 0.05) is 5.56 Å². The molecule has 0 aliphatic carbocycles. The smallest absolute Gasteiger partial charge is 0.161 e. The highest BCUT2D eigenvalue weighted by molar-refractivity contribution is 6.34. The number of benzene rings is 1. The number of ketones is 1. The van der Waals surface area contributed by atoms with E-state index in [1.54, 1.807) is 18.5 Å². The third-order valence-corrected chi connectivity index (χ3v) is 2.20. The first-order valence-electron chi connectivity index (χ1n) is 3.82. The molecule has 1 aromatic heterocycles. The van der Waals surface area contributed by atoms with E-state index in [4.69, 9.17) is 11.6 Å². The second-order valence-electron chi connectivity index (χ2n) is 2.81. The van der Waals surface area contributed by atoms with Gasteiger partial charge in [0.2, 0.25) is 0 Å². The number of imidazole rings is 1. The summed E-state index contributed by atoms with van der Waals surface area (Å²) < 4.78 is 0. The molecule has 1 N–H and O–H groups in total. The van der Waals surface area contributed by atoms with Crippen molar-refractivity contribution in [3.8, 4) is 0 Å². The fourth-order valence-electron chi connectivity index (χ4n) is 1.23. The Morgan fingerprint density at radius 2 is 2.31 bits per heavy atom. The molecule has 1 aromatic carbocycles. The molecule has 3 nitrogen and oxygen atoms in total. The number of H-pyrrole nitrogens is 1. The topological polar surface area (TPSA) is 45.8 Å². The molecule has 0 aliphatic rings. The maximum absolute atomic E-state index is 11.1. The number of rotatable bonds is 1. The van der Waals surface area contributed by atoms with Crippen LogP contribution < -0.4 is 0 Å². The summed E-state index contributed by atoms with van der Waals surface area (Å²) in [7, 11) is 0. The molecule has 1 heterocycles. The van der Waals surface area contributed by atoms with E-state index in [2.05, 4.69) is 9.97 Å². The van der Waals surface area contributed by atoms with Gasteiger partial charge in [-0.3, -0.25) is 4.79 Å². The Hall–Kier alpha value is -1.35. The Labute approximate surface area is 79.7 Å². The Kier molecular flexibility index (Phi) is 1.81. The highest BCUT2D eigenvalue weighted by atomic mass is 35.5. The average Bonchev–Trinajstić information content (AvgIpc) is 2.48. The molecule has 0 aliphatic heterocycles. The number of halogens is 1. The molecule has 0 atom stereocenters. The number of carbonyl (C=O) groups excluding carboxylic acids is 1. The summed E-state index contributed by atoms with van der Waals surface area (Å²) in [6.45, 7) is 1.49. The molecule has 66 valence electrons. The minimum atomic E-state index is -0.0464. The summed E-state index contributed by atoms with van der Waals surface area (Å²) in [5.74, 6) is -0.0464. The molecule has 0 radical (unpaired) electrons. The number of hydrogen-bond acceptors (Lipinski definition) is 2. The van der Waals surface area contributed by atoms with Crippen molar-refractivity contribution in [2.45, 2.75) is 6.92 Å². The van der Waals surface area contributed by atoms with Crippen LogP contribution in [0.25, 0.3) is 11.0 Å². The van der Waals surface area contributed by atoms with Crippen molar-refractivity contribution in [1.29, 1.82) is 0 Å². The number of hydrogen-bond donors (Lipinski definition) is 1. The van der Waals surface area contributed by atoms with Crippen LogP contribution in [0, 0.1) is 0 Å². The highest BCUT2D eigenvalue weighted by Gasteiger charge is 2.07. The van der Waals surface area contributed by atoms with E-state index in [0.29, 0.717) is 10.6 Å². The first-order valence-corrected chi connectivity index (χ1v) is 4.20. The Bertz CT molecular complexity index is 475. The molecular formula is C9H7ClN2O. The normalized spacial score (nSPS) is 10.6. The quantitative estimate of drug-likeness (QED) is 0.709. The van der Waals surface area contributed by atoms with Crippen LogP contribution in [0.1, 0.15) is 17.3 Å². The second kappa shape index (κ2) is 2.85. The summed E-state index contributed by atoms with van der Waals surface area (Å²) >= 11 is 5.89. The third kappa shape index (κ3) is 1.31. The lowest BCUT2D eigenvalue weighted by Crippen LogP contribution is -1.92. The Morgan fingerprint density at radius 3 is 3.00 bits per heavy atom. The number of aromatic amines is 1. The van der Waals surface area contributed by atoms with Crippen molar-refractivity contribution in [3.63, 3.8) is 0 Å². The van der Waals surface area contributed by atoms with Crippen LogP contribution in [0.15, 0.2) is 18.5 Å². The van der Waals surface area contributed by atoms with Gasteiger partial charge in [0.25, 0.3) is 0 Å². The average molecular weight is 195 g/mol. The van der Waals surface area contributed by atoms with Gasteiger partial charge in [0.1, 0.15) is 0 Å². The molecule has 4 heteroatoms. The zero-order chi connectivity index (χ0) is 9.42. The van der Waals surface area contributed by atoms with Crippen LogP contribution in [-0.4, -0.2) is 15.8 Å². The molecule has 2 rings (SSSR count). The fourth-order valence-corrected chi connectivity index (χ4v) is 1.52. The van der Waals surface area contributed by atoms with Crippen LogP contribution >= 0.6 is 11.6 Å².